The number of fused-ring (bicyclic) bond motifs is 1. The van der Waals surface area contributed by atoms with Crippen LogP contribution >= 0.6 is 11.3 Å². The molecule has 20 heavy (non-hydrogen) atoms. The van der Waals surface area contributed by atoms with Gasteiger partial charge in [-0.25, -0.2) is 0 Å². The molecule has 2 nitrogen and oxygen atoms in total. The molecule has 2 unspecified atom stereocenters. The van der Waals surface area contributed by atoms with Crippen molar-refractivity contribution in [2.45, 2.75) is 70.5 Å². The van der Waals surface area contributed by atoms with Crippen molar-refractivity contribution >= 4 is 11.3 Å². The molecule has 2 atom stereocenters. The zero-order valence-electron chi connectivity index (χ0n) is 13.1. The van der Waals surface area contributed by atoms with Crippen LogP contribution in [0.25, 0.3) is 0 Å². The highest BCUT2D eigenvalue weighted by molar-refractivity contribution is 7.12. The second-order valence-corrected chi connectivity index (χ2v) is 7.85. The highest BCUT2D eigenvalue weighted by atomic mass is 32.1. The van der Waals surface area contributed by atoms with E-state index in [0.29, 0.717) is 12.1 Å². The molecule has 3 heteroatoms. The third-order valence-corrected chi connectivity index (χ3v) is 6.40. The Bertz CT molecular complexity index is 426. The molecule has 0 bridgehead atoms. The number of rotatable bonds is 6. The van der Waals surface area contributed by atoms with Gasteiger partial charge in [0.05, 0.1) is 0 Å². The zero-order valence-corrected chi connectivity index (χ0v) is 13.9. The minimum atomic E-state index is 0.501. The van der Waals surface area contributed by atoms with Gasteiger partial charge in [0.15, 0.2) is 0 Å². The standard InChI is InChI=1S/C17H28N2S/c1-12(19(3)15-8-9-15)11-18-13(2)17-10-14-6-4-5-7-16(14)20-17/h10,12-13,15,18H,4-9,11H2,1-3H3. The summed E-state index contributed by atoms with van der Waals surface area (Å²) in [6, 6.07) is 4.46. The van der Waals surface area contributed by atoms with E-state index < -0.39 is 0 Å². The number of nitrogens with zero attached hydrogens (tertiary/aromatic N) is 1. The van der Waals surface area contributed by atoms with E-state index in [1.54, 1.807) is 10.4 Å². The number of nitrogens with one attached hydrogen (secondary N) is 1. The van der Waals surface area contributed by atoms with Crippen LogP contribution in [0.15, 0.2) is 6.07 Å². The van der Waals surface area contributed by atoms with Crippen molar-refractivity contribution in [3.8, 4) is 0 Å². The molecule has 1 N–H and O–H groups in total. The Morgan fingerprint density at radius 1 is 1.30 bits per heavy atom. The van der Waals surface area contributed by atoms with Crippen molar-refractivity contribution in [3.05, 3.63) is 21.4 Å². The maximum atomic E-state index is 3.74. The van der Waals surface area contributed by atoms with Gasteiger partial charge in [0, 0.05) is 34.4 Å². The summed E-state index contributed by atoms with van der Waals surface area (Å²) in [7, 11) is 2.28. The van der Waals surface area contributed by atoms with E-state index in [4.69, 9.17) is 0 Å². The Balaban J connectivity index is 1.53. The number of likely N-dealkylation sites (N-methyl/N-ethyl adjacent to an activating group) is 1. The predicted molar refractivity (Wildman–Crippen MR) is 87.6 cm³/mol. The Hall–Kier alpha value is -0.380. The Morgan fingerprint density at radius 3 is 2.75 bits per heavy atom. The lowest BCUT2D eigenvalue weighted by Gasteiger charge is -2.26. The van der Waals surface area contributed by atoms with E-state index in [-0.39, 0.29) is 0 Å². The van der Waals surface area contributed by atoms with Gasteiger partial charge in [0.2, 0.25) is 0 Å². The van der Waals surface area contributed by atoms with Gasteiger partial charge in [-0.15, -0.1) is 11.3 Å². The maximum absolute atomic E-state index is 3.74. The van der Waals surface area contributed by atoms with Crippen LogP contribution in [0.3, 0.4) is 0 Å². The average molecular weight is 292 g/mol. The van der Waals surface area contributed by atoms with E-state index in [2.05, 4.69) is 37.2 Å². The molecule has 1 aromatic rings. The fraction of sp³-hybridized carbons (Fsp3) is 0.765. The molecule has 0 saturated heterocycles. The zero-order chi connectivity index (χ0) is 14.1. The van der Waals surface area contributed by atoms with Crippen molar-refractivity contribution in [3.63, 3.8) is 0 Å². The summed E-state index contributed by atoms with van der Waals surface area (Å²) in [4.78, 5) is 5.74. The molecule has 3 rings (SSSR count). The second-order valence-electron chi connectivity index (χ2n) is 6.68. The minimum Gasteiger partial charge on any atom is -0.308 e. The summed E-state index contributed by atoms with van der Waals surface area (Å²) < 4.78 is 0. The van der Waals surface area contributed by atoms with Crippen LogP contribution < -0.4 is 5.32 Å². The molecule has 2 aliphatic carbocycles. The molecule has 0 amide bonds. The van der Waals surface area contributed by atoms with Crippen LogP contribution in [0.1, 0.15) is 60.9 Å². The predicted octanol–water partition coefficient (Wildman–Crippen LogP) is 3.76. The summed E-state index contributed by atoms with van der Waals surface area (Å²) in [5.74, 6) is 0. The molecule has 0 radical (unpaired) electrons. The highest BCUT2D eigenvalue weighted by Crippen LogP contribution is 2.33. The number of aryl methyl sites for hydroxylation is 2. The first-order valence-electron chi connectivity index (χ1n) is 8.22. The van der Waals surface area contributed by atoms with Crippen molar-refractivity contribution in [2.24, 2.45) is 0 Å². The van der Waals surface area contributed by atoms with Gasteiger partial charge in [0.1, 0.15) is 0 Å². The Labute approximate surface area is 127 Å². The molecule has 0 aliphatic heterocycles. The Kier molecular flexibility index (Phi) is 4.49. The first kappa shape index (κ1) is 14.6. The van der Waals surface area contributed by atoms with E-state index in [0.717, 1.165) is 12.6 Å². The van der Waals surface area contributed by atoms with Gasteiger partial charge in [-0.1, -0.05) is 0 Å². The smallest absolute Gasteiger partial charge is 0.0386 e. The van der Waals surface area contributed by atoms with Crippen LogP contribution in [0.5, 0.6) is 0 Å². The lowest BCUT2D eigenvalue weighted by molar-refractivity contribution is 0.237. The van der Waals surface area contributed by atoms with Crippen LogP contribution in [0, 0.1) is 0 Å². The summed E-state index contributed by atoms with van der Waals surface area (Å²) >= 11 is 2.05. The van der Waals surface area contributed by atoms with Gasteiger partial charge in [-0.2, -0.15) is 0 Å². The van der Waals surface area contributed by atoms with Gasteiger partial charge in [-0.3, -0.25) is 4.90 Å². The average Bonchev–Trinajstić information content (AvgIpc) is 3.21. The van der Waals surface area contributed by atoms with Crippen LogP contribution in [-0.4, -0.2) is 30.6 Å². The van der Waals surface area contributed by atoms with E-state index in [1.807, 2.05) is 11.3 Å². The van der Waals surface area contributed by atoms with Crippen molar-refractivity contribution in [1.82, 2.24) is 10.2 Å². The van der Waals surface area contributed by atoms with E-state index in [1.165, 1.54) is 43.4 Å². The summed E-state index contributed by atoms with van der Waals surface area (Å²) in [5.41, 5.74) is 1.63. The Morgan fingerprint density at radius 2 is 2.05 bits per heavy atom. The maximum Gasteiger partial charge on any atom is 0.0386 e. The molecule has 112 valence electrons. The van der Waals surface area contributed by atoms with Crippen molar-refractivity contribution in [1.29, 1.82) is 0 Å². The minimum absolute atomic E-state index is 0.501. The summed E-state index contributed by atoms with van der Waals surface area (Å²) in [6.07, 6.45) is 8.18. The lowest BCUT2D eigenvalue weighted by atomic mass is 9.99. The first-order valence-corrected chi connectivity index (χ1v) is 9.03. The second kappa shape index (κ2) is 6.17. The van der Waals surface area contributed by atoms with Gasteiger partial charge < -0.3 is 5.32 Å². The quantitative estimate of drug-likeness (QED) is 0.859. The topological polar surface area (TPSA) is 15.3 Å². The fourth-order valence-corrected chi connectivity index (χ4v) is 4.44. The number of thiophene rings is 1. The molecular weight excluding hydrogens is 264 g/mol. The molecule has 1 heterocycles. The van der Waals surface area contributed by atoms with Crippen molar-refractivity contribution < 1.29 is 0 Å². The number of hydrogen-bond donors (Lipinski definition) is 1. The van der Waals surface area contributed by atoms with Gasteiger partial charge in [-0.05, 0) is 71.0 Å². The number of hydrogen-bond acceptors (Lipinski definition) is 3. The SMILES string of the molecule is CC(NCC(C)N(C)C1CC1)c1cc2c(s1)CCCC2. The normalized spacial score (nSPS) is 21.8. The molecular formula is C17H28N2S. The van der Waals surface area contributed by atoms with E-state index >= 15 is 0 Å². The molecule has 1 fully saturated rings. The van der Waals surface area contributed by atoms with Gasteiger partial charge >= 0.3 is 0 Å². The van der Waals surface area contributed by atoms with Gasteiger partial charge in [0.25, 0.3) is 0 Å². The van der Waals surface area contributed by atoms with Crippen LogP contribution in [-0.2, 0) is 12.8 Å². The monoisotopic (exact) mass is 292 g/mol. The molecule has 1 saturated carbocycles. The first-order chi connectivity index (χ1) is 9.65. The lowest BCUT2D eigenvalue weighted by Crippen LogP contribution is -2.39. The van der Waals surface area contributed by atoms with Crippen molar-refractivity contribution in [2.75, 3.05) is 13.6 Å². The third kappa shape index (κ3) is 3.26. The molecule has 0 spiro atoms. The van der Waals surface area contributed by atoms with Crippen LogP contribution in [0.2, 0.25) is 0 Å². The summed E-state index contributed by atoms with van der Waals surface area (Å²) in [6.45, 7) is 5.76. The van der Waals surface area contributed by atoms with Crippen LogP contribution in [0.4, 0.5) is 0 Å². The highest BCUT2D eigenvalue weighted by Gasteiger charge is 2.29. The summed E-state index contributed by atoms with van der Waals surface area (Å²) in [5, 5.41) is 3.74. The third-order valence-electron chi connectivity index (χ3n) is 4.98. The molecule has 2 aliphatic rings. The molecule has 0 aromatic carbocycles. The largest absolute Gasteiger partial charge is 0.308 e. The fourth-order valence-electron chi connectivity index (χ4n) is 3.16. The molecule has 1 aromatic heterocycles. The van der Waals surface area contributed by atoms with E-state index in [9.17, 15) is 0 Å².